The van der Waals surface area contributed by atoms with Gasteiger partial charge in [0.1, 0.15) is 0 Å². The molecule has 0 heterocycles. The molecule has 0 bridgehead atoms. The quantitative estimate of drug-likeness (QED) is 0.499. The summed E-state index contributed by atoms with van der Waals surface area (Å²) in [6, 6.07) is 0. The summed E-state index contributed by atoms with van der Waals surface area (Å²) in [6.07, 6.45) is 0. The van der Waals surface area contributed by atoms with Crippen LogP contribution in [0.15, 0.2) is 0 Å². The maximum absolute atomic E-state index is 10.7. The van der Waals surface area contributed by atoms with Crippen LogP contribution in [0.2, 0.25) is 0 Å². The Morgan fingerprint density at radius 2 is 1.88 bits per heavy atom. The van der Waals surface area contributed by atoms with Gasteiger partial charge in [0.2, 0.25) is 5.91 Å². The lowest BCUT2D eigenvalue weighted by Crippen LogP contribution is -2.30. The molecule has 1 N–H and O–H groups in total. The molecule has 0 aromatic carbocycles. The van der Waals surface area contributed by atoms with Gasteiger partial charge in [0, 0.05) is 12.5 Å². The summed E-state index contributed by atoms with van der Waals surface area (Å²) in [5.41, 5.74) is -0.304. The molecule has 0 aliphatic carbocycles. The number of hydrogen-bond acceptors (Lipinski definition) is 1. The zero-order chi connectivity index (χ0) is 6.78. The van der Waals surface area contributed by atoms with E-state index in [0.29, 0.717) is 0 Å². The molecule has 0 saturated carbocycles. The Morgan fingerprint density at radius 3 is 1.88 bits per heavy atom. The van der Waals surface area contributed by atoms with E-state index in [2.05, 4.69) is 12.4 Å². The summed E-state index contributed by atoms with van der Waals surface area (Å²) in [7, 11) is 3.25. The van der Waals surface area contributed by atoms with Gasteiger partial charge < -0.3 is 5.32 Å². The monoisotopic (exact) mass is 114 g/mol. The second kappa shape index (κ2) is 2.16. The summed E-state index contributed by atoms with van der Waals surface area (Å²) in [5, 5.41) is 2.32. The van der Waals surface area contributed by atoms with Crippen LogP contribution in [0.5, 0.6) is 0 Å². The van der Waals surface area contributed by atoms with Crippen molar-refractivity contribution >= 4 is 5.91 Å². The molecule has 0 atom stereocenters. The normalized spacial score (nSPS) is 11.0. The molecule has 2 nitrogen and oxygen atoms in total. The molecule has 2 heteroatoms. The van der Waals surface area contributed by atoms with E-state index in [1.807, 2.05) is 20.8 Å². The van der Waals surface area contributed by atoms with E-state index in [9.17, 15) is 4.79 Å². The van der Waals surface area contributed by atoms with Gasteiger partial charge in [0.25, 0.3) is 0 Å². The second-order valence-electron chi connectivity index (χ2n) is 2.76. The smallest absolute Gasteiger partial charge is 0.225 e. The maximum atomic E-state index is 10.7. The fraction of sp³-hybridized carbons (Fsp3) is 0.667. The van der Waals surface area contributed by atoms with Gasteiger partial charge in [-0.05, 0) is 0 Å². The first-order valence-electron chi connectivity index (χ1n) is 2.56. The molecule has 0 spiro atoms. The average Bonchev–Trinajstić information content (AvgIpc) is 1.62. The van der Waals surface area contributed by atoms with Gasteiger partial charge >= 0.3 is 0 Å². The Kier molecular flexibility index (Phi) is 2.02. The predicted molar refractivity (Wildman–Crippen MR) is 33.0 cm³/mol. The molecule has 0 saturated heterocycles. The van der Waals surface area contributed by atoms with Crippen LogP contribution in [-0.4, -0.2) is 5.91 Å². The number of carbonyl (C=O) groups is 1. The number of carbonyl (C=O) groups excluding carboxylic acids is 1. The molecule has 0 rings (SSSR count). The van der Waals surface area contributed by atoms with Crippen LogP contribution < -0.4 is 5.32 Å². The first-order chi connectivity index (χ1) is 3.48. The third-order valence-electron chi connectivity index (χ3n) is 0.842. The molecular weight excluding hydrogens is 102 g/mol. The van der Waals surface area contributed by atoms with E-state index in [-0.39, 0.29) is 11.3 Å². The van der Waals surface area contributed by atoms with Crippen LogP contribution in [0.4, 0.5) is 0 Å². The van der Waals surface area contributed by atoms with E-state index in [1.54, 1.807) is 0 Å². The predicted octanol–water partition coefficient (Wildman–Crippen LogP) is 0.940. The lowest BCUT2D eigenvalue weighted by atomic mass is 9.96. The van der Waals surface area contributed by atoms with Crippen molar-refractivity contribution in [2.24, 2.45) is 5.41 Å². The minimum atomic E-state index is -0.304. The van der Waals surface area contributed by atoms with Crippen molar-refractivity contribution in [1.82, 2.24) is 5.32 Å². The van der Waals surface area contributed by atoms with E-state index < -0.39 is 0 Å². The summed E-state index contributed by atoms with van der Waals surface area (Å²) in [5.74, 6) is -0.0301. The molecule has 0 fully saturated rings. The largest absolute Gasteiger partial charge is 0.354 e. The molecule has 1 amide bonds. The van der Waals surface area contributed by atoms with Gasteiger partial charge in [0.05, 0.1) is 0 Å². The van der Waals surface area contributed by atoms with Crippen LogP contribution in [0.1, 0.15) is 20.8 Å². The van der Waals surface area contributed by atoms with Gasteiger partial charge in [-0.25, -0.2) is 0 Å². The van der Waals surface area contributed by atoms with Crippen molar-refractivity contribution in [2.75, 3.05) is 0 Å². The Morgan fingerprint density at radius 1 is 1.50 bits per heavy atom. The third kappa shape index (κ3) is 1.96. The lowest BCUT2D eigenvalue weighted by Gasteiger charge is -2.14. The van der Waals surface area contributed by atoms with Crippen molar-refractivity contribution in [1.29, 1.82) is 0 Å². The lowest BCUT2D eigenvalue weighted by molar-refractivity contribution is -0.127. The third-order valence-corrected chi connectivity index (χ3v) is 0.842. The van der Waals surface area contributed by atoms with Crippen molar-refractivity contribution in [3.05, 3.63) is 7.05 Å². The summed E-state index contributed by atoms with van der Waals surface area (Å²) < 4.78 is 0. The Hall–Kier alpha value is -0.530. The van der Waals surface area contributed by atoms with E-state index >= 15 is 0 Å². The first kappa shape index (κ1) is 7.47. The van der Waals surface area contributed by atoms with Gasteiger partial charge in [-0.3, -0.25) is 4.79 Å². The molecule has 8 heavy (non-hydrogen) atoms. The van der Waals surface area contributed by atoms with Gasteiger partial charge in [-0.1, -0.05) is 20.8 Å². The Bertz CT molecular complexity index is 91.2. The first-order valence-corrected chi connectivity index (χ1v) is 2.56. The highest BCUT2D eigenvalue weighted by atomic mass is 16.2. The van der Waals surface area contributed by atoms with Gasteiger partial charge in [0.15, 0.2) is 0 Å². The highest BCUT2D eigenvalue weighted by Crippen LogP contribution is 2.11. The Balaban J connectivity index is 3.82. The van der Waals surface area contributed by atoms with E-state index in [4.69, 9.17) is 0 Å². The number of hydrogen-bond donors (Lipinski definition) is 1. The van der Waals surface area contributed by atoms with Crippen LogP contribution in [0.3, 0.4) is 0 Å². The number of amides is 1. The van der Waals surface area contributed by atoms with E-state index in [1.165, 1.54) is 0 Å². The second-order valence-corrected chi connectivity index (χ2v) is 2.76. The molecule has 0 aliphatic rings. The van der Waals surface area contributed by atoms with Crippen molar-refractivity contribution in [3.63, 3.8) is 0 Å². The van der Waals surface area contributed by atoms with Crippen molar-refractivity contribution < 1.29 is 4.79 Å². The fourth-order valence-electron chi connectivity index (χ4n) is 0.265. The zero-order valence-electron chi connectivity index (χ0n) is 5.62. The fourth-order valence-corrected chi connectivity index (χ4v) is 0.265. The van der Waals surface area contributed by atoms with E-state index in [0.717, 1.165) is 0 Å². The summed E-state index contributed by atoms with van der Waals surface area (Å²) >= 11 is 0. The molecule has 0 aliphatic heterocycles. The minimum absolute atomic E-state index is 0.0301. The van der Waals surface area contributed by atoms with Crippen LogP contribution in [-0.2, 0) is 4.79 Å². The van der Waals surface area contributed by atoms with Crippen LogP contribution >= 0.6 is 0 Å². The Labute approximate surface area is 50.3 Å². The molecule has 0 aromatic rings. The highest BCUT2D eigenvalue weighted by molar-refractivity contribution is 5.81. The van der Waals surface area contributed by atoms with Crippen LogP contribution in [0, 0.1) is 12.5 Å². The minimum Gasteiger partial charge on any atom is -0.354 e. The van der Waals surface area contributed by atoms with Gasteiger partial charge in [-0.15, -0.1) is 0 Å². The summed E-state index contributed by atoms with van der Waals surface area (Å²) in [4.78, 5) is 10.7. The van der Waals surface area contributed by atoms with Crippen molar-refractivity contribution in [3.8, 4) is 0 Å². The zero-order valence-corrected chi connectivity index (χ0v) is 5.62. The molecule has 0 aromatic heterocycles. The molecule has 1 radical (unpaired) electrons. The van der Waals surface area contributed by atoms with Crippen molar-refractivity contribution in [2.45, 2.75) is 20.8 Å². The highest BCUT2D eigenvalue weighted by Gasteiger charge is 2.18. The number of nitrogens with one attached hydrogen (secondary N) is 1. The number of rotatable bonds is 0. The average molecular weight is 114 g/mol. The van der Waals surface area contributed by atoms with Crippen LogP contribution in [0.25, 0.3) is 0 Å². The maximum Gasteiger partial charge on any atom is 0.225 e. The standard InChI is InChI=1S/C6H12NO/c1-6(2,3)5(8)7-4/h4H2,1-3H3,(H,7,8). The van der Waals surface area contributed by atoms with Gasteiger partial charge in [-0.2, -0.15) is 0 Å². The molecule has 47 valence electrons. The molecular formula is C6H12NO. The summed E-state index contributed by atoms with van der Waals surface area (Å²) in [6.45, 7) is 5.52. The molecule has 0 unspecified atom stereocenters. The topological polar surface area (TPSA) is 29.1 Å². The SMILES string of the molecule is [CH2]NC(=O)C(C)(C)C.